The Morgan fingerprint density at radius 2 is 1.88 bits per heavy atom. The van der Waals surface area contributed by atoms with Gasteiger partial charge in [0, 0.05) is 10.7 Å². The number of halogens is 2. The van der Waals surface area contributed by atoms with Crippen LogP contribution in [0.1, 0.15) is 27.0 Å². The van der Waals surface area contributed by atoms with Crippen molar-refractivity contribution in [3.05, 3.63) is 98.0 Å². The van der Waals surface area contributed by atoms with Gasteiger partial charge in [-0.15, -0.1) is 0 Å². The van der Waals surface area contributed by atoms with E-state index in [1.807, 2.05) is 13.0 Å². The SMILES string of the molecule is Cc1ccc(NC(=O)/C(C#N)=C\c2ccc(OCc3ccc(C(=O)O)cc3)c(Br)c2)cc1Cl. The molecule has 0 aliphatic heterocycles. The van der Waals surface area contributed by atoms with E-state index in [9.17, 15) is 14.9 Å². The van der Waals surface area contributed by atoms with E-state index in [1.54, 1.807) is 48.5 Å². The van der Waals surface area contributed by atoms with E-state index in [1.165, 1.54) is 18.2 Å². The van der Waals surface area contributed by atoms with Crippen LogP contribution in [0.5, 0.6) is 5.75 Å². The van der Waals surface area contributed by atoms with Gasteiger partial charge in [-0.05, 0) is 82.0 Å². The molecule has 0 radical (unpaired) electrons. The number of amides is 1. The summed E-state index contributed by atoms with van der Waals surface area (Å²) in [5, 5.41) is 21.6. The first-order valence-corrected chi connectivity index (χ1v) is 10.9. The summed E-state index contributed by atoms with van der Waals surface area (Å²) in [5.74, 6) is -0.965. The molecule has 0 spiro atoms. The lowest BCUT2D eigenvalue weighted by atomic mass is 10.1. The van der Waals surface area contributed by atoms with E-state index in [0.717, 1.165) is 11.1 Å². The summed E-state index contributed by atoms with van der Waals surface area (Å²) in [7, 11) is 0. The lowest BCUT2D eigenvalue weighted by molar-refractivity contribution is -0.112. The molecule has 0 atom stereocenters. The van der Waals surface area contributed by atoms with E-state index in [0.29, 0.717) is 26.5 Å². The third-order valence-electron chi connectivity index (χ3n) is 4.66. The Kier molecular flexibility index (Phi) is 7.88. The molecule has 33 heavy (non-hydrogen) atoms. The second kappa shape index (κ2) is 10.8. The van der Waals surface area contributed by atoms with Gasteiger partial charge in [-0.25, -0.2) is 4.79 Å². The molecule has 0 aromatic heterocycles. The summed E-state index contributed by atoms with van der Waals surface area (Å²) in [4.78, 5) is 23.4. The van der Waals surface area contributed by atoms with Crippen LogP contribution in [0.25, 0.3) is 6.08 Å². The van der Waals surface area contributed by atoms with Crippen molar-refractivity contribution in [2.75, 3.05) is 5.32 Å². The number of hydrogen-bond acceptors (Lipinski definition) is 4. The second-order valence-electron chi connectivity index (χ2n) is 7.07. The normalized spacial score (nSPS) is 10.9. The van der Waals surface area contributed by atoms with Crippen LogP contribution >= 0.6 is 27.5 Å². The maximum absolute atomic E-state index is 12.5. The van der Waals surface area contributed by atoms with Crippen LogP contribution in [0, 0.1) is 18.3 Å². The highest BCUT2D eigenvalue weighted by Crippen LogP contribution is 2.28. The van der Waals surface area contributed by atoms with Gasteiger partial charge < -0.3 is 15.2 Å². The lowest BCUT2D eigenvalue weighted by Gasteiger charge is -2.10. The van der Waals surface area contributed by atoms with Gasteiger partial charge in [0.2, 0.25) is 0 Å². The van der Waals surface area contributed by atoms with E-state index >= 15 is 0 Å². The van der Waals surface area contributed by atoms with Crippen molar-refractivity contribution in [3.63, 3.8) is 0 Å². The van der Waals surface area contributed by atoms with Gasteiger partial charge in [0.15, 0.2) is 0 Å². The molecular weight excluding hydrogens is 508 g/mol. The summed E-state index contributed by atoms with van der Waals surface area (Å²) in [5.41, 5.74) is 2.97. The van der Waals surface area contributed by atoms with Gasteiger partial charge in [0.25, 0.3) is 5.91 Å². The third-order valence-corrected chi connectivity index (χ3v) is 5.68. The van der Waals surface area contributed by atoms with Crippen LogP contribution in [0.4, 0.5) is 5.69 Å². The van der Waals surface area contributed by atoms with Crippen molar-refractivity contribution in [3.8, 4) is 11.8 Å². The summed E-state index contributed by atoms with van der Waals surface area (Å²) < 4.78 is 6.43. The average molecular weight is 526 g/mol. The second-order valence-corrected chi connectivity index (χ2v) is 8.33. The molecule has 3 aromatic rings. The van der Waals surface area contributed by atoms with Gasteiger partial charge in [-0.1, -0.05) is 35.9 Å². The maximum Gasteiger partial charge on any atom is 0.335 e. The van der Waals surface area contributed by atoms with Crippen LogP contribution in [-0.4, -0.2) is 17.0 Å². The molecule has 0 aliphatic rings. The molecule has 0 bridgehead atoms. The Morgan fingerprint density at radius 3 is 2.48 bits per heavy atom. The first-order valence-electron chi connectivity index (χ1n) is 9.70. The minimum atomic E-state index is -0.984. The van der Waals surface area contributed by atoms with Crippen LogP contribution in [0.15, 0.2) is 70.7 Å². The van der Waals surface area contributed by atoms with Crippen molar-refractivity contribution in [1.29, 1.82) is 5.26 Å². The molecular formula is C25H18BrClN2O4. The molecule has 6 nitrogen and oxygen atoms in total. The van der Waals surface area contributed by atoms with Crippen molar-refractivity contribution < 1.29 is 19.4 Å². The Bertz CT molecular complexity index is 1280. The molecule has 0 aliphatic carbocycles. The molecule has 0 saturated heterocycles. The largest absolute Gasteiger partial charge is 0.488 e. The quantitative estimate of drug-likeness (QED) is 0.281. The standard InChI is InChI=1S/C25H18BrClN2O4/c1-15-2-8-20(12-22(15)27)29-24(30)19(13-28)10-17-5-9-23(21(26)11-17)33-14-16-3-6-18(7-4-16)25(31)32/h2-12H,14H2,1H3,(H,29,30)(H,31,32)/b19-10-. The lowest BCUT2D eigenvalue weighted by Crippen LogP contribution is -2.13. The number of aromatic carboxylic acids is 1. The highest BCUT2D eigenvalue weighted by Gasteiger charge is 2.11. The fraction of sp³-hybridized carbons (Fsp3) is 0.0800. The van der Waals surface area contributed by atoms with Crippen molar-refractivity contribution in [2.45, 2.75) is 13.5 Å². The van der Waals surface area contributed by atoms with Crippen LogP contribution in [0.3, 0.4) is 0 Å². The Balaban J connectivity index is 1.69. The minimum Gasteiger partial charge on any atom is -0.488 e. The van der Waals surface area contributed by atoms with Crippen LogP contribution < -0.4 is 10.1 Å². The van der Waals surface area contributed by atoms with Crippen molar-refractivity contribution >= 4 is 51.2 Å². The zero-order valence-electron chi connectivity index (χ0n) is 17.4. The summed E-state index contributed by atoms with van der Waals surface area (Å²) in [6.07, 6.45) is 1.48. The Morgan fingerprint density at radius 1 is 1.15 bits per heavy atom. The van der Waals surface area contributed by atoms with Crippen LogP contribution in [-0.2, 0) is 11.4 Å². The number of nitrogens with one attached hydrogen (secondary N) is 1. The van der Waals surface area contributed by atoms with E-state index < -0.39 is 11.9 Å². The van der Waals surface area contributed by atoms with Crippen LogP contribution in [0.2, 0.25) is 5.02 Å². The number of hydrogen-bond donors (Lipinski definition) is 2. The Hall–Kier alpha value is -3.60. The molecule has 1 amide bonds. The van der Waals surface area contributed by atoms with Gasteiger partial charge in [0.1, 0.15) is 24.0 Å². The number of benzene rings is 3. The number of rotatable bonds is 7. The molecule has 3 aromatic carbocycles. The number of carbonyl (C=O) groups is 2. The van der Waals surface area contributed by atoms with Crippen molar-refractivity contribution in [2.24, 2.45) is 0 Å². The number of nitrogens with zero attached hydrogens (tertiary/aromatic N) is 1. The summed E-state index contributed by atoms with van der Waals surface area (Å²) in [6.45, 7) is 2.10. The number of aryl methyl sites for hydroxylation is 1. The fourth-order valence-electron chi connectivity index (χ4n) is 2.81. The number of carbonyl (C=O) groups excluding carboxylic acids is 1. The number of carboxylic acid groups (broad SMARTS) is 1. The van der Waals surface area contributed by atoms with E-state index in [-0.39, 0.29) is 17.7 Å². The number of carboxylic acids is 1. The zero-order valence-corrected chi connectivity index (χ0v) is 19.8. The van der Waals surface area contributed by atoms with E-state index in [2.05, 4.69) is 21.2 Å². The fourth-order valence-corrected chi connectivity index (χ4v) is 3.50. The third kappa shape index (κ3) is 6.45. The van der Waals surface area contributed by atoms with Gasteiger partial charge in [0.05, 0.1) is 10.0 Å². The number of nitriles is 1. The smallest absolute Gasteiger partial charge is 0.335 e. The molecule has 0 unspecified atom stereocenters. The summed E-state index contributed by atoms with van der Waals surface area (Å²) >= 11 is 9.52. The number of ether oxygens (including phenoxy) is 1. The van der Waals surface area contributed by atoms with Gasteiger partial charge in [-0.3, -0.25) is 4.79 Å². The molecule has 0 fully saturated rings. The molecule has 3 rings (SSSR count). The maximum atomic E-state index is 12.5. The molecule has 2 N–H and O–H groups in total. The molecule has 0 heterocycles. The number of anilines is 1. The Labute approximate surface area is 204 Å². The first-order chi connectivity index (χ1) is 15.8. The minimum absolute atomic E-state index is 0.0641. The predicted molar refractivity (Wildman–Crippen MR) is 130 cm³/mol. The predicted octanol–water partition coefficient (Wildman–Crippen LogP) is 6.23. The average Bonchev–Trinajstić information content (AvgIpc) is 2.79. The monoisotopic (exact) mass is 524 g/mol. The highest BCUT2D eigenvalue weighted by atomic mass is 79.9. The van der Waals surface area contributed by atoms with E-state index in [4.69, 9.17) is 21.4 Å². The van der Waals surface area contributed by atoms with Gasteiger partial charge >= 0.3 is 5.97 Å². The summed E-state index contributed by atoms with van der Waals surface area (Å²) in [6, 6.07) is 18.6. The van der Waals surface area contributed by atoms with Gasteiger partial charge in [-0.2, -0.15) is 5.26 Å². The molecule has 8 heteroatoms. The highest BCUT2D eigenvalue weighted by molar-refractivity contribution is 9.10. The molecule has 0 saturated carbocycles. The topological polar surface area (TPSA) is 99.4 Å². The zero-order chi connectivity index (χ0) is 24.0. The van der Waals surface area contributed by atoms with Crippen molar-refractivity contribution in [1.82, 2.24) is 0 Å². The molecule has 166 valence electrons. The first kappa shape index (κ1) is 24.1.